The third-order valence-electron chi connectivity index (χ3n) is 2.61. The number of halogens is 2. The largest absolute Gasteiger partial charge is 0.317 e. The maximum atomic E-state index is 12.9. The van der Waals surface area contributed by atoms with E-state index in [4.69, 9.17) is 0 Å². The summed E-state index contributed by atoms with van der Waals surface area (Å²) < 4.78 is 37.4. The van der Waals surface area contributed by atoms with Gasteiger partial charge in [0.25, 0.3) is 0 Å². The quantitative estimate of drug-likeness (QED) is 0.852. The maximum Gasteiger partial charge on any atom is 0.160 e. The van der Waals surface area contributed by atoms with Crippen molar-refractivity contribution in [1.82, 2.24) is 5.32 Å². The Bertz CT molecular complexity index is 398. The van der Waals surface area contributed by atoms with Gasteiger partial charge in [0.15, 0.2) is 11.6 Å². The highest BCUT2D eigenvalue weighted by Crippen LogP contribution is 2.13. The summed E-state index contributed by atoms with van der Waals surface area (Å²) in [5, 5.41) is 3.09. The lowest BCUT2D eigenvalue weighted by Gasteiger charge is -2.09. The van der Waals surface area contributed by atoms with Crippen LogP contribution in [0, 0.1) is 11.6 Å². The number of hydrogen-bond acceptors (Lipinski definition) is 2. The van der Waals surface area contributed by atoms with Crippen LogP contribution in [0.4, 0.5) is 8.78 Å². The third-order valence-corrected chi connectivity index (χ3v) is 4.05. The Kier molecular flexibility index (Phi) is 5.71. The molecule has 0 aliphatic rings. The minimum absolute atomic E-state index is 0.348. The summed E-state index contributed by atoms with van der Waals surface area (Å²) in [5.41, 5.74) is 0. The van der Waals surface area contributed by atoms with E-state index in [1.807, 2.05) is 14.0 Å². The van der Waals surface area contributed by atoms with Gasteiger partial charge in [0.1, 0.15) is 0 Å². The molecular formula is C12H17F2NOS. The molecule has 1 N–H and O–H groups in total. The number of hydrogen-bond donors (Lipinski definition) is 1. The Morgan fingerprint density at radius 1 is 1.35 bits per heavy atom. The van der Waals surface area contributed by atoms with Crippen LogP contribution in [0.5, 0.6) is 0 Å². The van der Waals surface area contributed by atoms with Crippen molar-refractivity contribution in [3.05, 3.63) is 29.8 Å². The monoisotopic (exact) mass is 261 g/mol. The number of benzene rings is 1. The molecule has 1 aromatic rings. The van der Waals surface area contributed by atoms with Crippen molar-refractivity contribution in [2.24, 2.45) is 0 Å². The predicted octanol–water partition coefficient (Wildman–Crippen LogP) is 2.46. The molecule has 96 valence electrons. The van der Waals surface area contributed by atoms with E-state index in [0.29, 0.717) is 16.7 Å². The first kappa shape index (κ1) is 14.3. The summed E-state index contributed by atoms with van der Waals surface area (Å²) >= 11 is 0. The van der Waals surface area contributed by atoms with Gasteiger partial charge in [-0.1, -0.05) is 0 Å². The van der Waals surface area contributed by atoms with Gasteiger partial charge in [-0.3, -0.25) is 4.21 Å². The first-order valence-corrected chi connectivity index (χ1v) is 6.87. The van der Waals surface area contributed by atoms with Crippen molar-refractivity contribution in [3.63, 3.8) is 0 Å². The molecule has 0 aliphatic carbocycles. The molecule has 0 heterocycles. The van der Waals surface area contributed by atoms with Crippen LogP contribution in [0.25, 0.3) is 0 Å². The van der Waals surface area contributed by atoms with Gasteiger partial charge in [-0.25, -0.2) is 8.78 Å². The van der Waals surface area contributed by atoms with Crippen LogP contribution in [0.1, 0.15) is 19.8 Å². The molecule has 0 aliphatic heterocycles. The second-order valence-corrected chi connectivity index (χ2v) is 5.53. The predicted molar refractivity (Wildman–Crippen MR) is 65.4 cm³/mol. The second-order valence-electron chi connectivity index (χ2n) is 3.96. The van der Waals surface area contributed by atoms with Crippen LogP contribution in [-0.4, -0.2) is 23.1 Å². The van der Waals surface area contributed by atoms with Crippen LogP contribution >= 0.6 is 0 Å². The van der Waals surface area contributed by atoms with Crippen LogP contribution in [0.2, 0.25) is 0 Å². The average molecular weight is 261 g/mol. The highest BCUT2D eigenvalue weighted by atomic mass is 32.2. The smallest absolute Gasteiger partial charge is 0.160 e. The lowest BCUT2D eigenvalue weighted by Crippen LogP contribution is -2.21. The summed E-state index contributed by atoms with van der Waals surface area (Å²) in [6.07, 6.45) is 1.69. The summed E-state index contributed by atoms with van der Waals surface area (Å²) in [7, 11) is 0.617. The van der Waals surface area contributed by atoms with E-state index < -0.39 is 22.4 Å². The molecule has 1 rings (SSSR count). The van der Waals surface area contributed by atoms with Crippen molar-refractivity contribution < 1.29 is 13.0 Å². The Hall–Kier alpha value is -0.810. The SMILES string of the molecule is CNC(C)CCCS(=O)c1ccc(F)c(F)c1. The lowest BCUT2D eigenvalue weighted by atomic mass is 10.2. The fourth-order valence-electron chi connectivity index (χ4n) is 1.40. The van der Waals surface area contributed by atoms with Gasteiger partial charge in [-0.05, 0) is 45.0 Å². The van der Waals surface area contributed by atoms with E-state index in [1.54, 1.807) is 0 Å². The molecular weight excluding hydrogens is 244 g/mol. The van der Waals surface area contributed by atoms with Gasteiger partial charge in [0.2, 0.25) is 0 Å². The molecule has 1 aromatic carbocycles. The summed E-state index contributed by atoms with van der Waals surface area (Å²) in [4.78, 5) is 0.348. The van der Waals surface area contributed by atoms with E-state index in [1.165, 1.54) is 6.07 Å². The van der Waals surface area contributed by atoms with Crippen molar-refractivity contribution >= 4 is 10.8 Å². The second kappa shape index (κ2) is 6.81. The number of nitrogens with one attached hydrogen (secondary N) is 1. The van der Waals surface area contributed by atoms with Gasteiger partial charge in [-0.2, -0.15) is 0 Å². The molecule has 2 nitrogen and oxygen atoms in total. The molecule has 2 atom stereocenters. The van der Waals surface area contributed by atoms with Crippen molar-refractivity contribution in [3.8, 4) is 0 Å². The Morgan fingerprint density at radius 2 is 2.06 bits per heavy atom. The van der Waals surface area contributed by atoms with Gasteiger partial charge in [0.05, 0.1) is 10.8 Å². The Labute approximate surface area is 103 Å². The molecule has 0 aromatic heterocycles. The van der Waals surface area contributed by atoms with E-state index in [9.17, 15) is 13.0 Å². The van der Waals surface area contributed by atoms with Gasteiger partial charge < -0.3 is 5.32 Å². The minimum Gasteiger partial charge on any atom is -0.317 e. The fraction of sp³-hybridized carbons (Fsp3) is 0.500. The zero-order valence-corrected chi connectivity index (χ0v) is 10.8. The fourth-order valence-corrected chi connectivity index (χ4v) is 2.52. The van der Waals surface area contributed by atoms with Crippen molar-refractivity contribution in [2.45, 2.75) is 30.7 Å². The molecule has 17 heavy (non-hydrogen) atoms. The Morgan fingerprint density at radius 3 is 2.65 bits per heavy atom. The van der Waals surface area contributed by atoms with Gasteiger partial charge in [0, 0.05) is 16.7 Å². The normalized spacial score (nSPS) is 14.6. The first-order valence-electron chi connectivity index (χ1n) is 5.55. The van der Waals surface area contributed by atoms with Gasteiger partial charge >= 0.3 is 0 Å². The summed E-state index contributed by atoms with van der Waals surface area (Å²) in [6, 6.07) is 3.76. The topological polar surface area (TPSA) is 29.1 Å². The summed E-state index contributed by atoms with van der Waals surface area (Å²) in [6.45, 7) is 2.04. The minimum atomic E-state index is -1.25. The molecule has 0 saturated heterocycles. The van der Waals surface area contributed by atoms with Crippen LogP contribution in [0.15, 0.2) is 23.1 Å². The molecule has 5 heteroatoms. The molecule has 0 radical (unpaired) electrons. The summed E-state index contributed by atoms with van der Waals surface area (Å²) in [5.74, 6) is -1.38. The van der Waals surface area contributed by atoms with Crippen molar-refractivity contribution in [2.75, 3.05) is 12.8 Å². The van der Waals surface area contributed by atoms with Crippen LogP contribution < -0.4 is 5.32 Å². The highest BCUT2D eigenvalue weighted by molar-refractivity contribution is 7.85. The number of rotatable bonds is 6. The molecule has 0 bridgehead atoms. The standard InChI is InChI=1S/C12H17F2NOS/c1-9(15-2)4-3-7-17(16)10-5-6-11(13)12(14)8-10/h5-6,8-9,15H,3-4,7H2,1-2H3. The third kappa shape index (κ3) is 4.52. The first-order chi connectivity index (χ1) is 8.04. The van der Waals surface area contributed by atoms with E-state index >= 15 is 0 Å². The molecule has 2 unspecified atom stereocenters. The maximum absolute atomic E-state index is 12.9. The average Bonchev–Trinajstić information content (AvgIpc) is 2.32. The molecule has 0 amide bonds. The molecule has 0 saturated carbocycles. The van der Waals surface area contributed by atoms with E-state index in [2.05, 4.69) is 5.32 Å². The van der Waals surface area contributed by atoms with Gasteiger partial charge in [-0.15, -0.1) is 0 Å². The van der Waals surface area contributed by atoms with E-state index in [-0.39, 0.29) is 0 Å². The molecule has 0 spiro atoms. The van der Waals surface area contributed by atoms with Crippen LogP contribution in [0.3, 0.4) is 0 Å². The highest BCUT2D eigenvalue weighted by Gasteiger charge is 2.08. The molecule has 0 fully saturated rings. The van der Waals surface area contributed by atoms with E-state index in [0.717, 1.165) is 25.0 Å². The van der Waals surface area contributed by atoms with Crippen molar-refractivity contribution in [1.29, 1.82) is 0 Å². The zero-order valence-electron chi connectivity index (χ0n) is 10.0. The zero-order chi connectivity index (χ0) is 12.8. The van der Waals surface area contributed by atoms with Crippen LogP contribution in [-0.2, 0) is 10.8 Å². The Balaban J connectivity index is 2.50. The lowest BCUT2D eigenvalue weighted by molar-refractivity contribution is 0.505.